The Morgan fingerprint density at radius 2 is 0.882 bits per heavy atom. The molecule has 0 heterocycles. The zero-order chi connectivity index (χ0) is 50.6. The molecule has 0 amide bonds. The Kier molecular flexibility index (Phi) is 17.9. The summed E-state index contributed by atoms with van der Waals surface area (Å²) in [7, 11) is 0. The van der Waals surface area contributed by atoms with Crippen molar-refractivity contribution in [1.82, 2.24) is 0 Å². The Balaban J connectivity index is 0.000000223. The summed E-state index contributed by atoms with van der Waals surface area (Å²) in [6.07, 6.45) is -19.1. The summed E-state index contributed by atoms with van der Waals surface area (Å²) in [5.41, 5.74) is 1.31. The summed E-state index contributed by atoms with van der Waals surface area (Å²) in [5, 5.41) is 18.2. The van der Waals surface area contributed by atoms with Crippen molar-refractivity contribution in [2.24, 2.45) is 0 Å². The molecule has 0 radical (unpaired) electrons. The van der Waals surface area contributed by atoms with Crippen molar-refractivity contribution in [3.05, 3.63) is 172 Å². The number of alkyl halides is 12. The fourth-order valence-electron chi connectivity index (χ4n) is 6.35. The van der Waals surface area contributed by atoms with E-state index >= 15 is 0 Å². The molecule has 0 aliphatic heterocycles. The predicted octanol–water partition coefficient (Wildman–Crippen LogP) is 14.0. The highest BCUT2D eigenvalue weighted by molar-refractivity contribution is 6.30. The maximum absolute atomic E-state index is 12.8. The van der Waals surface area contributed by atoms with Gasteiger partial charge in [-0.25, -0.2) is 0 Å². The highest BCUT2D eigenvalue weighted by Crippen LogP contribution is 2.37. The van der Waals surface area contributed by atoms with Crippen molar-refractivity contribution < 1.29 is 86.8 Å². The fourth-order valence-corrected chi connectivity index (χ4v) is 6.55. The molecule has 6 aromatic rings. The lowest BCUT2D eigenvalue weighted by Gasteiger charge is -2.14. The number of halogens is 13. The van der Waals surface area contributed by atoms with Crippen LogP contribution in [-0.4, -0.2) is 41.1 Å². The van der Waals surface area contributed by atoms with E-state index in [1.807, 2.05) is 0 Å². The SMILES string of the molecule is CCOC(=O)Cc1ccccc1-c1ccc(C(F)(F)F)cc1.O=C(O)Cc1cc(C(F)(F)F)ccc1-c1ccc(C(F)(F)F)cc1.O=C(O)Cc1cc(Cl)ccc1-c1ccc(OC(F)(F)F)cc1. The number of carboxylic acid groups (broad SMARTS) is 2. The standard InChI is InChI=1S/C17H15F3O2.C16H10F6O2.C15H10ClF3O3/c1-2-22-16(21)11-13-5-3-4-6-15(13)12-7-9-14(10-8-12)17(18,19)20;17-15(18,19)11-3-1-9(2-4-11)13-6-5-12(16(20,21)22)7-10(13)8-14(23)24;16-11-3-6-13(10(7-11)8-14(20)21)9-1-4-12(5-2-9)22-15(17,18)19/h3-10H,2,11H2,1H3;1-7H,8H2,(H,23,24);1-7H,8H2,(H,20,21). The van der Waals surface area contributed by atoms with Gasteiger partial charge in [-0.1, -0.05) is 84.4 Å². The van der Waals surface area contributed by atoms with Gasteiger partial charge in [-0.2, -0.15) is 39.5 Å². The van der Waals surface area contributed by atoms with Gasteiger partial charge in [-0.3, -0.25) is 14.4 Å². The van der Waals surface area contributed by atoms with E-state index in [-0.39, 0.29) is 41.3 Å². The van der Waals surface area contributed by atoms with Gasteiger partial charge in [-0.05, 0) is 118 Å². The maximum Gasteiger partial charge on any atom is 0.573 e. The van der Waals surface area contributed by atoms with Gasteiger partial charge < -0.3 is 19.7 Å². The Hall–Kier alpha value is -7.02. The number of ether oxygens (including phenoxy) is 2. The first-order valence-electron chi connectivity index (χ1n) is 19.5. The van der Waals surface area contributed by atoms with E-state index in [9.17, 15) is 67.1 Å². The van der Waals surface area contributed by atoms with Crippen molar-refractivity contribution in [3.8, 4) is 39.1 Å². The van der Waals surface area contributed by atoms with Crippen molar-refractivity contribution >= 4 is 29.5 Å². The molecule has 2 N–H and O–H groups in total. The van der Waals surface area contributed by atoms with Crippen molar-refractivity contribution in [2.75, 3.05) is 6.61 Å². The van der Waals surface area contributed by atoms with E-state index < -0.39 is 59.9 Å². The van der Waals surface area contributed by atoms with Crippen molar-refractivity contribution in [1.29, 1.82) is 0 Å². The Labute approximate surface area is 384 Å². The topological polar surface area (TPSA) is 110 Å². The second-order valence-electron chi connectivity index (χ2n) is 14.2. The van der Waals surface area contributed by atoms with Crippen LogP contribution >= 0.6 is 11.6 Å². The van der Waals surface area contributed by atoms with Gasteiger partial charge in [0.1, 0.15) is 5.75 Å². The molecule has 0 saturated carbocycles. The number of carboxylic acids is 2. The molecule has 0 spiro atoms. The van der Waals surface area contributed by atoms with Gasteiger partial charge in [0.25, 0.3) is 0 Å². The molecule has 0 atom stereocenters. The number of rotatable bonds is 11. The van der Waals surface area contributed by atoms with E-state index in [1.165, 1.54) is 42.5 Å². The van der Waals surface area contributed by atoms with Crippen LogP contribution in [0.5, 0.6) is 5.75 Å². The molecule has 7 nitrogen and oxygen atoms in total. The number of esters is 1. The Morgan fingerprint density at radius 1 is 0.485 bits per heavy atom. The van der Waals surface area contributed by atoms with Gasteiger partial charge in [0.2, 0.25) is 0 Å². The minimum atomic E-state index is -4.75. The first kappa shape index (κ1) is 53.6. The van der Waals surface area contributed by atoms with Crippen LogP contribution in [0.25, 0.3) is 33.4 Å². The lowest BCUT2D eigenvalue weighted by atomic mass is 9.94. The quantitative estimate of drug-likeness (QED) is 0.0983. The Bertz CT molecular complexity index is 2660. The fraction of sp³-hybridized carbons (Fsp3) is 0.188. The molecule has 0 aromatic heterocycles. The Morgan fingerprint density at radius 3 is 1.31 bits per heavy atom. The third-order valence-electron chi connectivity index (χ3n) is 9.29. The summed E-state index contributed by atoms with van der Waals surface area (Å²) < 4.78 is 159. The van der Waals surface area contributed by atoms with E-state index in [4.69, 9.17) is 26.6 Å². The van der Waals surface area contributed by atoms with Gasteiger partial charge in [0.05, 0.1) is 42.6 Å². The van der Waals surface area contributed by atoms with Crippen LogP contribution in [-0.2, 0) is 56.9 Å². The molecule has 0 unspecified atom stereocenters. The number of hydrogen-bond donors (Lipinski definition) is 2. The second kappa shape index (κ2) is 22.6. The average Bonchev–Trinajstić information content (AvgIpc) is 3.23. The molecule has 0 fully saturated rings. The lowest BCUT2D eigenvalue weighted by Crippen LogP contribution is -2.16. The molecule has 0 aliphatic rings. The molecule has 6 rings (SSSR count). The molecule has 6 aromatic carbocycles. The van der Waals surface area contributed by atoms with Crippen LogP contribution in [0.3, 0.4) is 0 Å². The van der Waals surface area contributed by atoms with Gasteiger partial charge >= 0.3 is 42.8 Å². The summed E-state index contributed by atoms with van der Waals surface area (Å²) in [6.45, 7) is 2.01. The van der Waals surface area contributed by atoms with Crippen molar-refractivity contribution in [2.45, 2.75) is 51.1 Å². The lowest BCUT2D eigenvalue weighted by molar-refractivity contribution is -0.274. The first-order chi connectivity index (χ1) is 31.6. The monoisotopic (exact) mass is 986 g/mol. The molecule has 360 valence electrons. The first-order valence-corrected chi connectivity index (χ1v) is 19.9. The minimum Gasteiger partial charge on any atom is -0.481 e. The van der Waals surface area contributed by atoms with Crippen LogP contribution in [0, 0.1) is 0 Å². The molecular formula is C48H35ClF12O7. The van der Waals surface area contributed by atoms with Gasteiger partial charge in [0, 0.05) is 5.02 Å². The van der Waals surface area contributed by atoms with E-state index in [0.717, 1.165) is 59.7 Å². The van der Waals surface area contributed by atoms with E-state index in [0.29, 0.717) is 39.9 Å². The zero-order valence-corrected chi connectivity index (χ0v) is 35.6. The average molecular weight is 987 g/mol. The highest BCUT2D eigenvalue weighted by atomic mass is 35.5. The molecule has 68 heavy (non-hydrogen) atoms. The van der Waals surface area contributed by atoms with Crippen LogP contribution < -0.4 is 4.74 Å². The van der Waals surface area contributed by atoms with E-state index in [2.05, 4.69) is 4.74 Å². The molecule has 20 heteroatoms. The minimum absolute atomic E-state index is 0.0883. The third kappa shape index (κ3) is 16.4. The van der Waals surface area contributed by atoms with Gasteiger partial charge in [0.15, 0.2) is 0 Å². The summed E-state index contributed by atoms with van der Waals surface area (Å²) in [4.78, 5) is 33.4. The maximum atomic E-state index is 12.8. The number of hydrogen-bond acceptors (Lipinski definition) is 5. The number of carbonyl (C=O) groups excluding carboxylic acids is 1. The van der Waals surface area contributed by atoms with E-state index in [1.54, 1.807) is 43.3 Å². The molecular weight excluding hydrogens is 952 g/mol. The van der Waals surface area contributed by atoms with Crippen molar-refractivity contribution in [3.63, 3.8) is 0 Å². The van der Waals surface area contributed by atoms with Gasteiger partial charge in [-0.15, -0.1) is 13.2 Å². The zero-order valence-electron chi connectivity index (χ0n) is 34.9. The summed E-state index contributed by atoms with van der Waals surface area (Å²) >= 11 is 5.85. The number of carbonyl (C=O) groups is 3. The molecule has 0 saturated heterocycles. The van der Waals surface area contributed by atoms with Crippen LogP contribution in [0.15, 0.2) is 133 Å². The number of aliphatic carboxylic acids is 2. The highest BCUT2D eigenvalue weighted by Gasteiger charge is 2.33. The third-order valence-corrected chi connectivity index (χ3v) is 9.52. The van der Waals surface area contributed by atoms with Crippen LogP contribution in [0.4, 0.5) is 52.7 Å². The number of benzene rings is 6. The van der Waals surface area contributed by atoms with Crippen LogP contribution in [0.2, 0.25) is 5.02 Å². The largest absolute Gasteiger partial charge is 0.573 e. The smallest absolute Gasteiger partial charge is 0.481 e. The molecule has 0 aliphatic carbocycles. The predicted molar refractivity (Wildman–Crippen MR) is 225 cm³/mol. The second-order valence-corrected chi connectivity index (χ2v) is 14.6. The summed E-state index contributed by atoms with van der Waals surface area (Å²) in [5.74, 6) is -3.07. The normalized spacial score (nSPS) is 11.6. The molecule has 0 bridgehead atoms. The van der Waals surface area contributed by atoms with Crippen LogP contribution in [0.1, 0.15) is 40.3 Å². The summed E-state index contributed by atoms with van der Waals surface area (Å²) in [6, 6.07) is 28.2.